The molecule has 0 aliphatic rings. The molecular weight excluding hydrogens is 390 g/mol. The fourth-order valence-corrected chi connectivity index (χ4v) is 2.50. The van der Waals surface area contributed by atoms with Crippen molar-refractivity contribution in [3.63, 3.8) is 0 Å². The van der Waals surface area contributed by atoms with Crippen molar-refractivity contribution in [2.45, 2.75) is 19.8 Å². The SMILES string of the molecule is COc1ccc(NC(=O)COC(=O)CCCOc2ccc(C(C)=O)cc2)c(OC)c1. The van der Waals surface area contributed by atoms with Crippen LogP contribution in [0.25, 0.3) is 0 Å². The van der Waals surface area contributed by atoms with Crippen LogP contribution in [0, 0.1) is 0 Å². The minimum atomic E-state index is -0.498. The van der Waals surface area contributed by atoms with E-state index >= 15 is 0 Å². The molecule has 1 N–H and O–H groups in total. The molecule has 0 unspecified atom stereocenters. The Morgan fingerprint density at radius 2 is 1.63 bits per heavy atom. The van der Waals surface area contributed by atoms with Gasteiger partial charge in [-0.3, -0.25) is 14.4 Å². The lowest BCUT2D eigenvalue weighted by Gasteiger charge is -2.12. The molecule has 0 atom stereocenters. The van der Waals surface area contributed by atoms with Crippen LogP contribution in [0.4, 0.5) is 5.69 Å². The monoisotopic (exact) mass is 415 g/mol. The molecule has 0 bridgehead atoms. The average molecular weight is 415 g/mol. The van der Waals surface area contributed by atoms with Gasteiger partial charge >= 0.3 is 5.97 Å². The summed E-state index contributed by atoms with van der Waals surface area (Å²) in [6.45, 7) is 1.40. The number of anilines is 1. The number of ketones is 1. The minimum Gasteiger partial charge on any atom is -0.497 e. The van der Waals surface area contributed by atoms with Gasteiger partial charge in [0.25, 0.3) is 5.91 Å². The summed E-state index contributed by atoms with van der Waals surface area (Å²) < 4.78 is 20.8. The molecule has 30 heavy (non-hydrogen) atoms. The van der Waals surface area contributed by atoms with E-state index < -0.39 is 18.5 Å². The van der Waals surface area contributed by atoms with E-state index in [0.717, 1.165) is 0 Å². The molecule has 0 saturated carbocycles. The van der Waals surface area contributed by atoms with Gasteiger partial charge in [0, 0.05) is 18.1 Å². The molecule has 0 radical (unpaired) electrons. The third-order valence-corrected chi connectivity index (χ3v) is 4.10. The Kier molecular flexibility index (Phi) is 8.68. The third-order valence-electron chi connectivity index (χ3n) is 4.10. The Bertz CT molecular complexity index is 878. The third kappa shape index (κ3) is 7.12. The molecule has 0 spiro atoms. The molecule has 0 aliphatic carbocycles. The van der Waals surface area contributed by atoms with Crippen LogP contribution in [0.5, 0.6) is 17.2 Å². The average Bonchev–Trinajstić information content (AvgIpc) is 2.75. The highest BCUT2D eigenvalue weighted by Crippen LogP contribution is 2.28. The number of nitrogens with one attached hydrogen (secondary N) is 1. The van der Waals surface area contributed by atoms with Crippen molar-refractivity contribution < 1.29 is 33.3 Å². The van der Waals surface area contributed by atoms with Gasteiger partial charge in [-0.1, -0.05) is 0 Å². The van der Waals surface area contributed by atoms with Gasteiger partial charge in [-0.15, -0.1) is 0 Å². The number of rotatable bonds is 11. The summed E-state index contributed by atoms with van der Waals surface area (Å²) in [5.74, 6) is 0.645. The van der Waals surface area contributed by atoms with Crippen LogP contribution in [-0.2, 0) is 14.3 Å². The minimum absolute atomic E-state index is 0.0150. The first-order chi connectivity index (χ1) is 14.4. The summed E-state index contributed by atoms with van der Waals surface area (Å²) >= 11 is 0. The van der Waals surface area contributed by atoms with Gasteiger partial charge in [0.2, 0.25) is 0 Å². The Morgan fingerprint density at radius 1 is 0.933 bits per heavy atom. The molecule has 0 aromatic heterocycles. The standard InChI is InChI=1S/C22H25NO7/c1-15(24)16-6-8-17(9-7-16)29-12-4-5-22(26)30-14-21(25)23-19-11-10-18(27-2)13-20(19)28-3/h6-11,13H,4-5,12,14H2,1-3H3,(H,23,25). The lowest BCUT2D eigenvalue weighted by Crippen LogP contribution is -2.21. The second-order valence-corrected chi connectivity index (χ2v) is 6.31. The Labute approximate surface area is 175 Å². The Balaban J connectivity index is 1.68. The molecule has 0 heterocycles. The molecule has 1 amide bonds. The molecule has 160 valence electrons. The second kappa shape index (κ2) is 11.5. The molecule has 2 aromatic rings. The van der Waals surface area contributed by atoms with Gasteiger partial charge in [0.1, 0.15) is 17.2 Å². The first kappa shape index (κ1) is 22.7. The summed E-state index contributed by atoms with van der Waals surface area (Å²) in [5, 5.41) is 2.62. The maximum atomic E-state index is 12.0. The largest absolute Gasteiger partial charge is 0.497 e. The normalized spacial score (nSPS) is 10.1. The van der Waals surface area contributed by atoms with Gasteiger partial charge < -0.3 is 24.3 Å². The highest BCUT2D eigenvalue weighted by atomic mass is 16.5. The van der Waals surface area contributed by atoms with Crippen molar-refractivity contribution in [2.75, 3.05) is 32.8 Å². The van der Waals surface area contributed by atoms with Crippen LogP contribution < -0.4 is 19.5 Å². The van der Waals surface area contributed by atoms with Gasteiger partial charge in [0.15, 0.2) is 12.4 Å². The first-order valence-corrected chi connectivity index (χ1v) is 9.34. The van der Waals surface area contributed by atoms with E-state index in [1.807, 2.05) is 0 Å². The maximum Gasteiger partial charge on any atom is 0.306 e. The molecule has 2 aromatic carbocycles. The van der Waals surface area contributed by atoms with Crippen LogP contribution in [-0.4, -0.2) is 45.1 Å². The van der Waals surface area contributed by atoms with Gasteiger partial charge in [-0.2, -0.15) is 0 Å². The van der Waals surface area contributed by atoms with Crippen LogP contribution in [0.1, 0.15) is 30.1 Å². The highest BCUT2D eigenvalue weighted by molar-refractivity contribution is 5.94. The van der Waals surface area contributed by atoms with Crippen molar-refractivity contribution >= 4 is 23.3 Å². The quantitative estimate of drug-likeness (QED) is 0.342. The van der Waals surface area contributed by atoms with E-state index in [-0.39, 0.29) is 12.2 Å². The number of carbonyl (C=O) groups excluding carboxylic acids is 3. The lowest BCUT2D eigenvalue weighted by molar-refractivity contribution is -0.147. The number of hydrogen-bond acceptors (Lipinski definition) is 7. The van der Waals surface area contributed by atoms with E-state index in [1.54, 1.807) is 42.5 Å². The summed E-state index contributed by atoms with van der Waals surface area (Å²) in [5.41, 5.74) is 1.06. The van der Waals surface area contributed by atoms with E-state index in [1.165, 1.54) is 21.1 Å². The number of benzene rings is 2. The van der Waals surface area contributed by atoms with Crippen molar-refractivity contribution in [3.8, 4) is 17.2 Å². The van der Waals surface area contributed by atoms with Crippen molar-refractivity contribution in [1.29, 1.82) is 0 Å². The fourth-order valence-electron chi connectivity index (χ4n) is 2.50. The highest BCUT2D eigenvalue weighted by Gasteiger charge is 2.11. The van der Waals surface area contributed by atoms with Crippen LogP contribution in [0.2, 0.25) is 0 Å². The Hall–Kier alpha value is -3.55. The van der Waals surface area contributed by atoms with Gasteiger partial charge in [0.05, 0.1) is 26.5 Å². The van der Waals surface area contributed by atoms with Crippen LogP contribution >= 0.6 is 0 Å². The molecule has 0 saturated heterocycles. The topological polar surface area (TPSA) is 100 Å². The molecule has 8 nitrogen and oxygen atoms in total. The molecule has 8 heteroatoms. The van der Waals surface area contributed by atoms with Gasteiger partial charge in [-0.05, 0) is 49.7 Å². The lowest BCUT2D eigenvalue weighted by atomic mass is 10.1. The number of ether oxygens (including phenoxy) is 4. The summed E-state index contributed by atoms with van der Waals surface area (Å²) in [6.07, 6.45) is 0.548. The molecular formula is C22H25NO7. The van der Waals surface area contributed by atoms with Crippen molar-refractivity contribution in [3.05, 3.63) is 48.0 Å². The summed E-state index contributed by atoms with van der Waals surface area (Å²) in [7, 11) is 3.01. The predicted molar refractivity (Wildman–Crippen MR) is 110 cm³/mol. The summed E-state index contributed by atoms with van der Waals surface area (Å²) in [4.78, 5) is 35.0. The smallest absolute Gasteiger partial charge is 0.306 e. The molecule has 0 fully saturated rings. The molecule has 0 aliphatic heterocycles. The number of carbonyl (C=O) groups is 3. The fraction of sp³-hybridized carbons (Fsp3) is 0.318. The van der Waals surface area contributed by atoms with E-state index in [0.29, 0.717) is 41.5 Å². The maximum absolute atomic E-state index is 12.0. The Morgan fingerprint density at radius 3 is 2.27 bits per heavy atom. The van der Waals surface area contributed by atoms with Crippen LogP contribution in [0.15, 0.2) is 42.5 Å². The van der Waals surface area contributed by atoms with Crippen molar-refractivity contribution in [2.24, 2.45) is 0 Å². The summed E-state index contributed by atoms with van der Waals surface area (Å²) in [6, 6.07) is 11.7. The van der Waals surface area contributed by atoms with E-state index in [2.05, 4.69) is 5.32 Å². The molecule has 2 rings (SSSR count). The van der Waals surface area contributed by atoms with E-state index in [4.69, 9.17) is 18.9 Å². The first-order valence-electron chi connectivity index (χ1n) is 9.34. The number of amides is 1. The predicted octanol–water partition coefficient (Wildman–Crippen LogP) is 3.25. The van der Waals surface area contributed by atoms with E-state index in [9.17, 15) is 14.4 Å². The van der Waals surface area contributed by atoms with Crippen molar-refractivity contribution in [1.82, 2.24) is 0 Å². The number of Topliss-reactive ketones (excluding diaryl/α,β-unsaturated/α-hetero) is 1. The number of hydrogen-bond donors (Lipinski definition) is 1. The number of methoxy groups -OCH3 is 2. The van der Waals surface area contributed by atoms with Gasteiger partial charge in [-0.25, -0.2) is 0 Å². The zero-order valence-corrected chi connectivity index (χ0v) is 17.2. The second-order valence-electron chi connectivity index (χ2n) is 6.31. The number of esters is 1. The zero-order valence-electron chi connectivity index (χ0n) is 17.2. The zero-order chi connectivity index (χ0) is 21.9. The van der Waals surface area contributed by atoms with Crippen LogP contribution in [0.3, 0.4) is 0 Å².